The van der Waals surface area contributed by atoms with Crippen LogP contribution in [0.2, 0.25) is 0 Å². The van der Waals surface area contributed by atoms with Gasteiger partial charge in [-0.3, -0.25) is 15.0 Å². The van der Waals surface area contributed by atoms with Crippen molar-refractivity contribution in [3.05, 3.63) is 0 Å². The second-order valence-corrected chi connectivity index (χ2v) is 7.21. The minimum Gasteiger partial charge on any atom is -0.324 e. The zero-order valence-corrected chi connectivity index (χ0v) is 13.8. The molecule has 1 amide bonds. The summed E-state index contributed by atoms with van der Waals surface area (Å²) in [5, 5.41) is 3.68. The normalized spacial score (nSPS) is 34.2. The standard InChI is InChI=1S/C16H30N4O/c1-4-14-17-16(7-5-6-8-16)15(21)20(14)12-13-11-18(2)9-10-19(13)3/h13-14,17H,4-12H2,1-3H3. The minimum absolute atomic E-state index is 0.222. The van der Waals surface area contributed by atoms with Crippen LogP contribution in [-0.2, 0) is 4.79 Å². The third-order valence-electron chi connectivity index (χ3n) is 5.72. The van der Waals surface area contributed by atoms with Gasteiger partial charge in [0.1, 0.15) is 0 Å². The number of nitrogens with one attached hydrogen (secondary N) is 1. The summed E-state index contributed by atoms with van der Waals surface area (Å²) in [6, 6.07) is 0.458. The highest BCUT2D eigenvalue weighted by Crippen LogP contribution is 2.37. The third-order valence-corrected chi connectivity index (χ3v) is 5.72. The van der Waals surface area contributed by atoms with Crippen molar-refractivity contribution in [2.45, 2.75) is 56.8 Å². The molecule has 3 rings (SSSR count). The molecule has 1 N–H and O–H groups in total. The van der Waals surface area contributed by atoms with Gasteiger partial charge >= 0.3 is 0 Å². The van der Waals surface area contributed by atoms with Crippen LogP contribution < -0.4 is 5.32 Å². The maximum Gasteiger partial charge on any atom is 0.244 e. The fourth-order valence-corrected chi connectivity index (χ4v) is 4.27. The molecule has 0 radical (unpaired) electrons. The first-order valence-corrected chi connectivity index (χ1v) is 8.53. The lowest BCUT2D eigenvalue weighted by molar-refractivity contribution is -0.134. The Balaban J connectivity index is 1.72. The van der Waals surface area contributed by atoms with Gasteiger partial charge < -0.3 is 9.80 Å². The molecule has 0 bridgehead atoms. The lowest BCUT2D eigenvalue weighted by Gasteiger charge is -2.40. The number of carbonyl (C=O) groups is 1. The van der Waals surface area contributed by atoms with E-state index in [-0.39, 0.29) is 11.7 Å². The number of nitrogens with zero attached hydrogens (tertiary/aromatic N) is 3. The SMILES string of the molecule is CCC1NC2(CCCC2)C(=O)N1CC1CN(C)CCN1C. The Bertz CT molecular complexity index is 394. The fourth-order valence-electron chi connectivity index (χ4n) is 4.27. The van der Waals surface area contributed by atoms with E-state index in [9.17, 15) is 4.79 Å². The number of hydrogen-bond acceptors (Lipinski definition) is 4. The maximum absolute atomic E-state index is 13.0. The highest BCUT2D eigenvalue weighted by atomic mass is 16.2. The number of amides is 1. The molecule has 5 heteroatoms. The van der Waals surface area contributed by atoms with Crippen molar-refractivity contribution < 1.29 is 4.79 Å². The summed E-state index contributed by atoms with van der Waals surface area (Å²) in [6.45, 7) is 6.33. The molecule has 1 aliphatic carbocycles. The largest absolute Gasteiger partial charge is 0.324 e. The van der Waals surface area contributed by atoms with Crippen molar-refractivity contribution in [2.75, 3.05) is 40.3 Å². The Hall–Kier alpha value is -0.650. The molecule has 3 aliphatic rings. The van der Waals surface area contributed by atoms with Gasteiger partial charge in [0.25, 0.3) is 0 Å². The Morgan fingerprint density at radius 2 is 1.95 bits per heavy atom. The van der Waals surface area contributed by atoms with Crippen LogP contribution in [0.1, 0.15) is 39.0 Å². The second kappa shape index (κ2) is 5.86. The molecule has 0 aromatic heterocycles. The fraction of sp³-hybridized carbons (Fsp3) is 0.938. The van der Waals surface area contributed by atoms with Gasteiger partial charge in [0.05, 0.1) is 11.7 Å². The Labute approximate surface area is 128 Å². The summed E-state index contributed by atoms with van der Waals surface area (Å²) >= 11 is 0. The van der Waals surface area contributed by atoms with Gasteiger partial charge in [0, 0.05) is 32.2 Å². The average Bonchev–Trinajstić information content (AvgIpc) is 3.04. The van der Waals surface area contributed by atoms with E-state index in [1.165, 1.54) is 12.8 Å². The van der Waals surface area contributed by atoms with Crippen LogP contribution in [0.5, 0.6) is 0 Å². The Kier molecular flexibility index (Phi) is 4.26. The lowest BCUT2D eigenvalue weighted by atomic mass is 9.98. The van der Waals surface area contributed by atoms with Gasteiger partial charge in [-0.15, -0.1) is 0 Å². The van der Waals surface area contributed by atoms with Crippen LogP contribution in [0.15, 0.2) is 0 Å². The van der Waals surface area contributed by atoms with Crippen LogP contribution in [0, 0.1) is 0 Å². The predicted molar refractivity (Wildman–Crippen MR) is 84.0 cm³/mol. The topological polar surface area (TPSA) is 38.8 Å². The molecule has 5 nitrogen and oxygen atoms in total. The lowest BCUT2D eigenvalue weighted by Crippen LogP contribution is -2.56. The summed E-state index contributed by atoms with van der Waals surface area (Å²) in [6.07, 6.45) is 5.67. The molecule has 2 atom stereocenters. The highest BCUT2D eigenvalue weighted by Gasteiger charge is 2.52. The van der Waals surface area contributed by atoms with E-state index in [1.807, 2.05) is 0 Å². The molecule has 2 heterocycles. The average molecular weight is 294 g/mol. The van der Waals surface area contributed by atoms with E-state index in [1.54, 1.807) is 0 Å². The molecular weight excluding hydrogens is 264 g/mol. The van der Waals surface area contributed by atoms with E-state index < -0.39 is 0 Å². The monoisotopic (exact) mass is 294 g/mol. The van der Waals surface area contributed by atoms with E-state index in [4.69, 9.17) is 0 Å². The van der Waals surface area contributed by atoms with Gasteiger partial charge in [-0.25, -0.2) is 0 Å². The molecule has 0 aromatic rings. The van der Waals surface area contributed by atoms with Gasteiger partial charge in [-0.1, -0.05) is 19.8 Å². The van der Waals surface area contributed by atoms with Gasteiger partial charge in [-0.05, 0) is 33.4 Å². The minimum atomic E-state index is -0.222. The third kappa shape index (κ3) is 2.71. The first-order chi connectivity index (χ1) is 10.1. The summed E-state index contributed by atoms with van der Waals surface area (Å²) < 4.78 is 0. The summed E-state index contributed by atoms with van der Waals surface area (Å²) in [5.74, 6) is 0.369. The van der Waals surface area contributed by atoms with Crippen LogP contribution in [0.4, 0.5) is 0 Å². The van der Waals surface area contributed by atoms with E-state index in [2.05, 4.69) is 41.0 Å². The zero-order valence-electron chi connectivity index (χ0n) is 13.8. The maximum atomic E-state index is 13.0. The second-order valence-electron chi connectivity index (χ2n) is 7.21. The first kappa shape index (κ1) is 15.3. The molecule has 0 aromatic carbocycles. The Morgan fingerprint density at radius 3 is 2.62 bits per heavy atom. The predicted octanol–water partition coefficient (Wildman–Crippen LogP) is 0.713. The van der Waals surface area contributed by atoms with Crippen molar-refractivity contribution in [1.82, 2.24) is 20.0 Å². The van der Waals surface area contributed by atoms with Gasteiger partial charge in [-0.2, -0.15) is 0 Å². The summed E-state index contributed by atoms with van der Waals surface area (Å²) in [4.78, 5) is 19.9. The number of piperazine rings is 1. The molecule has 2 aliphatic heterocycles. The summed E-state index contributed by atoms with van der Waals surface area (Å²) in [7, 11) is 4.37. The molecule has 2 unspecified atom stereocenters. The van der Waals surface area contributed by atoms with Crippen molar-refractivity contribution in [3.63, 3.8) is 0 Å². The van der Waals surface area contributed by atoms with Crippen molar-refractivity contribution in [1.29, 1.82) is 0 Å². The van der Waals surface area contributed by atoms with Gasteiger partial charge in [0.2, 0.25) is 5.91 Å². The molecule has 21 heavy (non-hydrogen) atoms. The van der Waals surface area contributed by atoms with E-state index in [0.717, 1.165) is 45.4 Å². The van der Waals surface area contributed by atoms with Crippen molar-refractivity contribution in [2.24, 2.45) is 0 Å². The highest BCUT2D eigenvalue weighted by molar-refractivity contribution is 5.89. The number of rotatable bonds is 3. The zero-order chi connectivity index (χ0) is 15.0. The number of hydrogen-bond donors (Lipinski definition) is 1. The summed E-state index contributed by atoms with van der Waals surface area (Å²) in [5.41, 5.74) is -0.222. The van der Waals surface area contributed by atoms with Crippen LogP contribution >= 0.6 is 0 Å². The molecule has 2 saturated heterocycles. The molecule has 3 fully saturated rings. The number of carbonyl (C=O) groups excluding carboxylic acids is 1. The smallest absolute Gasteiger partial charge is 0.244 e. The van der Waals surface area contributed by atoms with Crippen molar-refractivity contribution >= 4 is 5.91 Å². The van der Waals surface area contributed by atoms with Gasteiger partial charge in [0.15, 0.2) is 0 Å². The van der Waals surface area contributed by atoms with Crippen molar-refractivity contribution in [3.8, 4) is 0 Å². The molecule has 120 valence electrons. The molecular formula is C16H30N4O. The van der Waals surface area contributed by atoms with Crippen LogP contribution in [0.25, 0.3) is 0 Å². The van der Waals surface area contributed by atoms with Crippen LogP contribution in [0.3, 0.4) is 0 Å². The molecule has 1 spiro atoms. The number of likely N-dealkylation sites (N-methyl/N-ethyl adjacent to an activating group) is 2. The first-order valence-electron chi connectivity index (χ1n) is 8.53. The van der Waals surface area contributed by atoms with E-state index in [0.29, 0.717) is 11.9 Å². The van der Waals surface area contributed by atoms with E-state index >= 15 is 0 Å². The quantitative estimate of drug-likeness (QED) is 0.832. The Morgan fingerprint density at radius 1 is 1.24 bits per heavy atom. The van der Waals surface area contributed by atoms with Crippen LogP contribution in [-0.4, -0.2) is 78.6 Å². The molecule has 1 saturated carbocycles.